The lowest BCUT2D eigenvalue weighted by atomic mass is 10.1. The molecule has 1 heterocycles. The van der Waals surface area contributed by atoms with E-state index >= 15 is 0 Å². The van der Waals surface area contributed by atoms with Crippen molar-refractivity contribution in [1.82, 2.24) is 4.98 Å². The summed E-state index contributed by atoms with van der Waals surface area (Å²) >= 11 is 5.80. The zero-order valence-electron chi connectivity index (χ0n) is 9.15. The first kappa shape index (κ1) is 12.3. The highest BCUT2D eigenvalue weighted by molar-refractivity contribution is 6.32. The average Bonchev–Trinajstić information content (AvgIpc) is 2.35. The Morgan fingerprint density at radius 1 is 1.33 bits per heavy atom. The molecule has 2 rings (SSSR count). The van der Waals surface area contributed by atoms with Gasteiger partial charge in [-0.3, -0.25) is 4.79 Å². The minimum Gasteiger partial charge on any atom is -0.396 e. The third-order valence-electron chi connectivity index (χ3n) is 2.30. The number of para-hydroxylation sites is 1. The molecule has 6 heteroatoms. The third kappa shape index (κ3) is 2.41. The molecule has 0 radical (unpaired) electrons. The highest BCUT2D eigenvalue weighted by Crippen LogP contribution is 2.21. The van der Waals surface area contributed by atoms with Crippen LogP contribution in [0, 0.1) is 5.82 Å². The van der Waals surface area contributed by atoms with Crippen LogP contribution in [-0.2, 0) is 0 Å². The normalized spacial score (nSPS) is 10.1. The molecule has 0 saturated heterocycles. The fraction of sp³-hybridized carbons (Fsp3) is 0. The summed E-state index contributed by atoms with van der Waals surface area (Å²) in [7, 11) is 0. The molecule has 2 aromatic rings. The molecule has 0 atom stereocenters. The van der Waals surface area contributed by atoms with Crippen LogP contribution in [0.4, 0.5) is 15.8 Å². The summed E-state index contributed by atoms with van der Waals surface area (Å²) in [6.45, 7) is 0. The van der Waals surface area contributed by atoms with Gasteiger partial charge in [0, 0.05) is 6.20 Å². The molecule has 0 aliphatic rings. The number of nitrogens with one attached hydrogen (secondary N) is 1. The lowest BCUT2D eigenvalue weighted by Gasteiger charge is -2.08. The number of carbonyl (C=O) groups excluding carboxylic acids is 1. The lowest BCUT2D eigenvalue weighted by Crippen LogP contribution is -2.15. The van der Waals surface area contributed by atoms with Gasteiger partial charge in [0.25, 0.3) is 5.91 Å². The molecule has 1 aromatic heterocycles. The molecule has 92 valence electrons. The topological polar surface area (TPSA) is 68.0 Å². The Bertz CT molecular complexity index is 604. The zero-order chi connectivity index (χ0) is 13.1. The maximum Gasteiger partial charge on any atom is 0.257 e. The van der Waals surface area contributed by atoms with Crippen molar-refractivity contribution in [2.45, 2.75) is 0 Å². The van der Waals surface area contributed by atoms with Crippen LogP contribution >= 0.6 is 11.6 Å². The van der Waals surface area contributed by atoms with E-state index in [-0.39, 0.29) is 16.4 Å². The predicted octanol–water partition coefficient (Wildman–Crippen LogP) is 2.71. The maximum absolute atomic E-state index is 13.2. The van der Waals surface area contributed by atoms with Crippen LogP contribution in [0.2, 0.25) is 5.15 Å². The molecule has 0 fully saturated rings. The molecular weight excluding hydrogens is 257 g/mol. The predicted molar refractivity (Wildman–Crippen MR) is 68.0 cm³/mol. The smallest absolute Gasteiger partial charge is 0.257 e. The number of pyridine rings is 1. The SMILES string of the molecule is Nc1c(F)cccc1C(=O)Nc1cccnc1Cl. The van der Waals surface area contributed by atoms with Crippen molar-refractivity contribution >= 4 is 28.9 Å². The van der Waals surface area contributed by atoms with E-state index in [0.29, 0.717) is 5.69 Å². The Kier molecular flexibility index (Phi) is 3.43. The third-order valence-corrected chi connectivity index (χ3v) is 2.61. The molecule has 0 bridgehead atoms. The fourth-order valence-corrected chi connectivity index (χ4v) is 1.57. The van der Waals surface area contributed by atoms with Gasteiger partial charge in [-0.1, -0.05) is 17.7 Å². The van der Waals surface area contributed by atoms with E-state index in [1.807, 2.05) is 0 Å². The molecule has 0 unspecified atom stereocenters. The molecule has 1 aromatic carbocycles. The molecule has 3 N–H and O–H groups in total. The van der Waals surface area contributed by atoms with Crippen molar-refractivity contribution in [3.63, 3.8) is 0 Å². The second-order valence-electron chi connectivity index (χ2n) is 3.50. The molecule has 0 spiro atoms. The van der Waals surface area contributed by atoms with Gasteiger partial charge in [0.15, 0.2) is 5.15 Å². The summed E-state index contributed by atoms with van der Waals surface area (Å²) in [6, 6.07) is 7.23. The van der Waals surface area contributed by atoms with Gasteiger partial charge in [0.2, 0.25) is 0 Å². The van der Waals surface area contributed by atoms with Gasteiger partial charge in [-0.05, 0) is 24.3 Å². The summed E-state index contributed by atoms with van der Waals surface area (Å²) in [5, 5.41) is 2.67. The van der Waals surface area contributed by atoms with Crippen LogP contribution < -0.4 is 11.1 Å². The summed E-state index contributed by atoms with van der Waals surface area (Å²) in [6.07, 6.45) is 1.49. The Morgan fingerprint density at radius 3 is 2.83 bits per heavy atom. The van der Waals surface area contributed by atoms with Gasteiger partial charge in [-0.15, -0.1) is 0 Å². The second kappa shape index (κ2) is 5.01. The highest BCUT2D eigenvalue weighted by Gasteiger charge is 2.13. The maximum atomic E-state index is 13.2. The second-order valence-corrected chi connectivity index (χ2v) is 3.85. The van der Waals surface area contributed by atoms with Crippen LogP contribution in [0.25, 0.3) is 0 Å². The fourth-order valence-electron chi connectivity index (χ4n) is 1.40. The number of rotatable bonds is 2. The number of nitrogen functional groups attached to an aromatic ring is 1. The summed E-state index contributed by atoms with van der Waals surface area (Å²) < 4.78 is 13.2. The number of amides is 1. The molecule has 0 aliphatic carbocycles. The number of nitrogens with zero attached hydrogens (tertiary/aromatic N) is 1. The van der Waals surface area contributed by atoms with Gasteiger partial charge in [-0.25, -0.2) is 9.37 Å². The number of nitrogens with two attached hydrogens (primary N) is 1. The molecular formula is C12H9ClFN3O. The van der Waals surface area contributed by atoms with Crippen molar-refractivity contribution in [2.24, 2.45) is 0 Å². The van der Waals surface area contributed by atoms with Gasteiger partial charge in [-0.2, -0.15) is 0 Å². The number of anilines is 2. The summed E-state index contributed by atoms with van der Waals surface area (Å²) in [5.41, 5.74) is 5.68. The Balaban J connectivity index is 2.28. The van der Waals surface area contributed by atoms with Crippen LogP contribution in [0.3, 0.4) is 0 Å². The van der Waals surface area contributed by atoms with Gasteiger partial charge in [0.1, 0.15) is 5.82 Å². The largest absolute Gasteiger partial charge is 0.396 e. The Labute approximate surface area is 108 Å². The number of aromatic nitrogens is 1. The van der Waals surface area contributed by atoms with E-state index in [0.717, 1.165) is 0 Å². The molecule has 0 aliphatic heterocycles. The van der Waals surface area contributed by atoms with Gasteiger partial charge >= 0.3 is 0 Å². The lowest BCUT2D eigenvalue weighted by molar-refractivity contribution is 0.102. The molecule has 1 amide bonds. The Morgan fingerprint density at radius 2 is 2.11 bits per heavy atom. The molecule has 0 saturated carbocycles. The first-order chi connectivity index (χ1) is 8.59. The number of hydrogen-bond donors (Lipinski definition) is 2. The minimum absolute atomic E-state index is 0.0509. The van der Waals surface area contributed by atoms with Gasteiger partial charge < -0.3 is 11.1 Å². The van der Waals surface area contributed by atoms with Crippen molar-refractivity contribution in [3.8, 4) is 0 Å². The standard InChI is InChI=1S/C12H9ClFN3O/c13-11-9(5-2-6-16-11)17-12(18)7-3-1-4-8(14)10(7)15/h1-6H,15H2,(H,17,18). The Hall–Kier alpha value is -2.14. The van der Waals surface area contributed by atoms with Crippen molar-refractivity contribution in [1.29, 1.82) is 0 Å². The number of hydrogen-bond acceptors (Lipinski definition) is 3. The van der Waals surface area contributed by atoms with E-state index < -0.39 is 11.7 Å². The summed E-state index contributed by atoms with van der Waals surface area (Å²) in [4.78, 5) is 15.7. The van der Waals surface area contributed by atoms with Crippen LogP contribution in [0.15, 0.2) is 36.5 Å². The molecule has 18 heavy (non-hydrogen) atoms. The minimum atomic E-state index is -0.639. The summed E-state index contributed by atoms with van der Waals surface area (Å²) in [5.74, 6) is -1.18. The zero-order valence-corrected chi connectivity index (χ0v) is 9.91. The van der Waals surface area contributed by atoms with Crippen molar-refractivity contribution in [3.05, 3.63) is 53.1 Å². The van der Waals surface area contributed by atoms with E-state index in [9.17, 15) is 9.18 Å². The van der Waals surface area contributed by atoms with Gasteiger partial charge in [0.05, 0.1) is 16.9 Å². The number of carbonyl (C=O) groups is 1. The molecule has 4 nitrogen and oxygen atoms in total. The van der Waals surface area contributed by atoms with E-state index in [2.05, 4.69) is 10.3 Å². The van der Waals surface area contributed by atoms with E-state index in [1.165, 1.54) is 24.4 Å². The highest BCUT2D eigenvalue weighted by atomic mass is 35.5. The van der Waals surface area contributed by atoms with Crippen molar-refractivity contribution in [2.75, 3.05) is 11.1 Å². The van der Waals surface area contributed by atoms with Crippen molar-refractivity contribution < 1.29 is 9.18 Å². The average molecular weight is 266 g/mol. The van der Waals surface area contributed by atoms with E-state index in [1.54, 1.807) is 12.1 Å². The van der Waals surface area contributed by atoms with E-state index in [4.69, 9.17) is 17.3 Å². The first-order valence-electron chi connectivity index (χ1n) is 5.05. The number of benzene rings is 1. The monoisotopic (exact) mass is 265 g/mol. The van der Waals surface area contributed by atoms with Crippen LogP contribution in [0.5, 0.6) is 0 Å². The number of halogens is 2. The van der Waals surface area contributed by atoms with Crippen LogP contribution in [-0.4, -0.2) is 10.9 Å². The first-order valence-corrected chi connectivity index (χ1v) is 5.43. The quantitative estimate of drug-likeness (QED) is 0.648. The van der Waals surface area contributed by atoms with Crippen LogP contribution in [0.1, 0.15) is 10.4 Å².